The molecule has 23 heavy (non-hydrogen) atoms. The van der Waals surface area contributed by atoms with Gasteiger partial charge in [0.1, 0.15) is 23.4 Å². The average Bonchev–Trinajstić information content (AvgIpc) is 3.25. The maximum atomic E-state index is 12.4. The second-order valence-corrected chi connectivity index (χ2v) is 6.50. The second kappa shape index (κ2) is 4.55. The number of ketones is 1. The summed E-state index contributed by atoms with van der Waals surface area (Å²) in [6.45, 7) is 0.204. The van der Waals surface area contributed by atoms with Crippen molar-refractivity contribution in [3.63, 3.8) is 0 Å². The van der Waals surface area contributed by atoms with E-state index in [1.165, 1.54) is 0 Å². The molecule has 114 valence electrons. The number of benzene rings is 1. The van der Waals surface area contributed by atoms with Crippen LogP contribution >= 0.6 is 11.7 Å². The summed E-state index contributed by atoms with van der Waals surface area (Å²) >= 11 is 1.15. The first-order valence-corrected chi connectivity index (χ1v) is 8.18. The van der Waals surface area contributed by atoms with Gasteiger partial charge in [0.2, 0.25) is 0 Å². The van der Waals surface area contributed by atoms with Gasteiger partial charge in [0.25, 0.3) is 0 Å². The van der Waals surface area contributed by atoms with Crippen LogP contribution in [0.15, 0.2) is 34.5 Å². The number of aromatic nitrogens is 2. The molecule has 1 aromatic heterocycles. The minimum Gasteiger partial charge on any atom is -0.456 e. The summed E-state index contributed by atoms with van der Waals surface area (Å²) in [6, 6.07) is 5.74. The lowest BCUT2D eigenvalue weighted by molar-refractivity contribution is -0.136. The van der Waals surface area contributed by atoms with Crippen molar-refractivity contribution in [3.8, 4) is 0 Å². The Morgan fingerprint density at radius 2 is 1.96 bits per heavy atom. The molecule has 2 unspecified atom stereocenters. The maximum absolute atomic E-state index is 12.4. The van der Waals surface area contributed by atoms with Gasteiger partial charge in [-0.25, -0.2) is 4.79 Å². The Labute approximate surface area is 135 Å². The monoisotopic (exact) mass is 325 g/mol. The summed E-state index contributed by atoms with van der Waals surface area (Å²) in [5.41, 5.74) is 4.62. The molecule has 2 aliphatic heterocycles. The van der Waals surface area contributed by atoms with Crippen LogP contribution in [0.25, 0.3) is 11.0 Å². The number of esters is 1. The van der Waals surface area contributed by atoms with Crippen LogP contribution in [0.1, 0.15) is 24.3 Å². The molecule has 5 rings (SSSR count). The van der Waals surface area contributed by atoms with Gasteiger partial charge in [-0.2, -0.15) is 8.75 Å². The van der Waals surface area contributed by atoms with Crippen LogP contribution in [-0.2, 0) is 14.3 Å². The first-order chi connectivity index (χ1) is 11.2. The van der Waals surface area contributed by atoms with Crippen molar-refractivity contribution < 1.29 is 14.3 Å². The number of ether oxygens (including phenoxy) is 1. The predicted molar refractivity (Wildman–Crippen MR) is 83.3 cm³/mol. The molecule has 3 heterocycles. The molecular formula is C16H11N3O3S. The summed E-state index contributed by atoms with van der Waals surface area (Å²) in [5.74, 6) is -0.863. The van der Waals surface area contributed by atoms with E-state index in [9.17, 15) is 9.59 Å². The zero-order chi connectivity index (χ0) is 15.6. The summed E-state index contributed by atoms with van der Waals surface area (Å²) < 4.78 is 13.6. The lowest BCUT2D eigenvalue weighted by Gasteiger charge is -2.27. The quantitative estimate of drug-likeness (QED) is 0.749. The van der Waals surface area contributed by atoms with Crippen LogP contribution in [0, 0.1) is 5.92 Å². The van der Waals surface area contributed by atoms with Crippen molar-refractivity contribution in [1.82, 2.24) is 8.75 Å². The highest BCUT2D eigenvalue weighted by Gasteiger charge is 2.47. The van der Waals surface area contributed by atoms with Gasteiger partial charge in [0, 0.05) is 18.1 Å². The highest BCUT2D eigenvalue weighted by Crippen LogP contribution is 2.45. The number of rotatable bonds is 1. The topological polar surface area (TPSA) is 81.5 Å². The highest BCUT2D eigenvalue weighted by molar-refractivity contribution is 7.00. The van der Waals surface area contributed by atoms with E-state index >= 15 is 0 Å². The molecule has 3 aliphatic rings. The van der Waals surface area contributed by atoms with Crippen LogP contribution in [-0.4, -0.2) is 32.8 Å². The predicted octanol–water partition coefficient (Wildman–Crippen LogP) is 2.02. The molecule has 1 aromatic carbocycles. The van der Waals surface area contributed by atoms with Crippen LogP contribution in [0.2, 0.25) is 0 Å². The van der Waals surface area contributed by atoms with Crippen molar-refractivity contribution in [2.75, 3.05) is 6.61 Å². The molecule has 6 nitrogen and oxygen atoms in total. The molecule has 0 bridgehead atoms. The fourth-order valence-corrected chi connectivity index (χ4v) is 4.27. The van der Waals surface area contributed by atoms with Crippen LogP contribution < -0.4 is 0 Å². The Hall–Kier alpha value is -2.41. The molecule has 1 saturated carbocycles. The molecule has 7 heteroatoms. The third-order valence-electron chi connectivity index (χ3n) is 4.76. The lowest BCUT2D eigenvalue weighted by Crippen LogP contribution is -2.29. The van der Waals surface area contributed by atoms with Gasteiger partial charge in [-0.3, -0.25) is 9.79 Å². The fourth-order valence-electron chi connectivity index (χ4n) is 3.75. The number of Topliss-reactive ketones (excluding diaryl/α,β-unsaturated/α-hetero) is 1. The van der Waals surface area contributed by atoms with Crippen molar-refractivity contribution in [2.24, 2.45) is 10.9 Å². The zero-order valence-electron chi connectivity index (χ0n) is 12.0. The minimum absolute atomic E-state index is 0.150. The van der Waals surface area contributed by atoms with E-state index < -0.39 is 0 Å². The summed E-state index contributed by atoms with van der Waals surface area (Å²) in [5, 5.41) is 0. The lowest BCUT2D eigenvalue weighted by atomic mass is 9.76. The van der Waals surface area contributed by atoms with E-state index in [1.54, 1.807) is 0 Å². The number of hydrogen-bond acceptors (Lipinski definition) is 7. The Morgan fingerprint density at radius 3 is 2.87 bits per heavy atom. The van der Waals surface area contributed by atoms with E-state index in [-0.39, 0.29) is 30.2 Å². The first kappa shape index (κ1) is 13.1. The van der Waals surface area contributed by atoms with Crippen LogP contribution in [0.3, 0.4) is 0 Å². The van der Waals surface area contributed by atoms with Crippen LogP contribution in [0.5, 0.6) is 0 Å². The van der Waals surface area contributed by atoms with E-state index in [0.717, 1.165) is 34.0 Å². The number of nitrogens with zero attached hydrogens (tertiary/aromatic N) is 3. The van der Waals surface area contributed by atoms with Gasteiger partial charge in [-0.05, 0) is 24.1 Å². The standard InChI is InChI=1S/C16H11N3O3S/c20-12-4-3-9-14(12)13(15-11(17-9)6-22-16(15)21)7-1-2-8-10(5-7)19-23-18-8/h1-2,5,13-14H,3-4,6H2. The Morgan fingerprint density at radius 1 is 1.09 bits per heavy atom. The zero-order valence-corrected chi connectivity index (χ0v) is 12.8. The van der Waals surface area contributed by atoms with Gasteiger partial charge >= 0.3 is 5.97 Å². The van der Waals surface area contributed by atoms with Crippen molar-refractivity contribution in [2.45, 2.75) is 18.8 Å². The smallest absolute Gasteiger partial charge is 0.337 e. The number of fused-ring (bicyclic) bond motifs is 2. The van der Waals surface area contributed by atoms with Gasteiger partial charge < -0.3 is 4.74 Å². The van der Waals surface area contributed by atoms with E-state index in [2.05, 4.69) is 13.7 Å². The normalized spacial score (nSPS) is 26.3. The minimum atomic E-state index is -0.357. The van der Waals surface area contributed by atoms with Gasteiger partial charge in [0.15, 0.2) is 0 Å². The van der Waals surface area contributed by atoms with Crippen LogP contribution in [0.4, 0.5) is 0 Å². The molecule has 1 fully saturated rings. The van der Waals surface area contributed by atoms with E-state index in [0.29, 0.717) is 24.1 Å². The van der Waals surface area contributed by atoms with Gasteiger partial charge in [-0.1, -0.05) is 6.07 Å². The molecule has 2 aromatic rings. The molecular weight excluding hydrogens is 314 g/mol. The molecule has 0 saturated heterocycles. The van der Waals surface area contributed by atoms with E-state index in [1.807, 2.05) is 18.2 Å². The largest absolute Gasteiger partial charge is 0.456 e. The second-order valence-electron chi connectivity index (χ2n) is 5.97. The molecule has 0 spiro atoms. The Kier molecular flexibility index (Phi) is 2.58. The summed E-state index contributed by atoms with van der Waals surface area (Å²) in [6.07, 6.45) is 1.17. The number of aliphatic imine (C=N–C) groups is 1. The number of hydrogen-bond donors (Lipinski definition) is 0. The molecule has 0 radical (unpaired) electrons. The fraction of sp³-hybridized carbons (Fsp3) is 0.312. The number of carbonyl (C=O) groups is 2. The molecule has 1 aliphatic carbocycles. The molecule has 2 atom stereocenters. The Bertz CT molecular complexity index is 943. The number of cyclic esters (lactones) is 1. The van der Waals surface area contributed by atoms with Crippen molar-refractivity contribution >= 4 is 40.2 Å². The molecule has 0 N–H and O–H groups in total. The number of carbonyl (C=O) groups excluding carboxylic acids is 2. The molecule has 0 amide bonds. The van der Waals surface area contributed by atoms with Gasteiger partial charge in [-0.15, -0.1) is 0 Å². The first-order valence-electron chi connectivity index (χ1n) is 7.45. The average molecular weight is 325 g/mol. The summed E-state index contributed by atoms with van der Waals surface area (Å²) in [4.78, 5) is 29.2. The van der Waals surface area contributed by atoms with Gasteiger partial charge in [0.05, 0.1) is 28.9 Å². The third kappa shape index (κ3) is 1.77. The van der Waals surface area contributed by atoms with E-state index in [4.69, 9.17) is 4.74 Å². The van der Waals surface area contributed by atoms with Crippen molar-refractivity contribution in [3.05, 3.63) is 35.0 Å². The summed E-state index contributed by atoms with van der Waals surface area (Å²) in [7, 11) is 0. The maximum Gasteiger partial charge on any atom is 0.337 e. The SMILES string of the molecule is O=C1OCC2=C1C(c1ccc3nsnc3c1)C1C(=O)CCC1=N2. The highest BCUT2D eigenvalue weighted by atomic mass is 32.1. The Balaban J connectivity index is 1.72. The van der Waals surface area contributed by atoms with Crippen molar-refractivity contribution in [1.29, 1.82) is 0 Å². The third-order valence-corrected chi connectivity index (χ3v) is 5.32.